The Balaban J connectivity index is 1.98. The second-order valence-electron chi connectivity index (χ2n) is 4.13. The Morgan fingerprint density at radius 1 is 1.19 bits per heavy atom. The van der Waals surface area contributed by atoms with Gasteiger partial charge in [0.05, 0.1) is 4.92 Å². The zero-order chi connectivity index (χ0) is 15.2. The van der Waals surface area contributed by atoms with Crippen LogP contribution in [-0.2, 0) is 0 Å². The van der Waals surface area contributed by atoms with Gasteiger partial charge in [-0.2, -0.15) is 4.39 Å². The van der Waals surface area contributed by atoms with Crippen molar-refractivity contribution >= 4 is 23.1 Å². The fourth-order valence-corrected chi connectivity index (χ4v) is 2.55. The Bertz CT molecular complexity index is 638. The first-order chi connectivity index (χ1) is 10.1. The fraction of sp³-hybridized carbons (Fsp3) is 0.143. The van der Waals surface area contributed by atoms with Crippen LogP contribution in [-0.4, -0.2) is 17.2 Å². The maximum atomic E-state index is 13.4. The van der Waals surface area contributed by atoms with E-state index in [9.17, 15) is 18.9 Å². The second kappa shape index (κ2) is 7.03. The molecule has 0 aromatic heterocycles. The first-order valence-corrected chi connectivity index (χ1v) is 7.11. The highest BCUT2D eigenvalue weighted by Gasteiger charge is 2.21. The zero-order valence-corrected chi connectivity index (χ0v) is 11.7. The van der Waals surface area contributed by atoms with Gasteiger partial charge in [0.1, 0.15) is 11.5 Å². The Labute approximate surface area is 124 Å². The molecule has 0 saturated carbocycles. The monoisotopic (exact) mass is 310 g/mol. The summed E-state index contributed by atoms with van der Waals surface area (Å²) in [5, 5.41) is 13.5. The predicted octanol–water partition coefficient (Wildman–Crippen LogP) is 4.08. The highest BCUT2D eigenvalue weighted by molar-refractivity contribution is 7.99. The van der Waals surface area contributed by atoms with Gasteiger partial charge in [-0.1, -0.05) is 18.2 Å². The van der Waals surface area contributed by atoms with Gasteiger partial charge in [-0.05, 0) is 12.1 Å². The number of hydrogen-bond acceptors (Lipinski definition) is 4. The summed E-state index contributed by atoms with van der Waals surface area (Å²) in [5.41, 5.74) is -0.882. The molecule has 2 aromatic rings. The van der Waals surface area contributed by atoms with Crippen LogP contribution in [0.5, 0.6) is 0 Å². The van der Waals surface area contributed by atoms with Gasteiger partial charge in [-0.25, -0.2) is 4.39 Å². The quantitative estimate of drug-likeness (QED) is 0.378. The molecule has 21 heavy (non-hydrogen) atoms. The third-order valence-corrected chi connectivity index (χ3v) is 3.65. The van der Waals surface area contributed by atoms with E-state index >= 15 is 0 Å². The van der Waals surface area contributed by atoms with Crippen molar-refractivity contribution < 1.29 is 13.7 Å². The summed E-state index contributed by atoms with van der Waals surface area (Å²) in [4.78, 5) is 11.0. The number of anilines is 1. The largest absolute Gasteiger partial charge is 0.378 e. The van der Waals surface area contributed by atoms with Crippen LogP contribution in [0.3, 0.4) is 0 Å². The molecule has 7 heteroatoms. The van der Waals surface area contributed by atoms with Crippen molar-refractivity contribution in [2.45, 2.75) is 4.90 Å². The van der Waals surface area contributed by atoms with E-state index in [1.54, 1.807) is 11.8 Å². The molecule has 0 aliphatic heterocycles. The molecular formula is C14H12F2N2O2S. The maximum Gasteiger partial charge on any atom is 0.327 e. The number of thioether (sulfide) groups is 1. The third-order valence-electron chi connectivity index (χ3n) is 2.64. The number of nitro groups is 1. The minimum atomic E-state index is -1.18. The number of halogens is 2. The number of hydrogen-bond donors (Lipinski definition) is 1. The normalized spacial score (nSPS) is 10.4. The smallest absolute Gasteiger partial charge is 0.327 e. The molecule has 0 bridgehead atoms. The van der Waals surface area contributed by atoms with Crippen LogP contribution in [0.15, 0.2) is 47.4 Å². The molecular weight excluding hydrogens is 298 g/mol. The van der Waals surface area contributed by atoms with E-state index in [-0.39, 0.29) is 5.69 Å². The average Bonchev–Trinajstić information content (AvgIpc) is 2.43. The SMILES string of the molecule is O=[N+]([O-])c1c(F)cc(F)cc1NCCSc1ccccc1. The first-order valence-electron chi connectivity index (χ1n) is 6.13. The lowest BCUT2D eigenvalue weighted by atomic mass is 10.2. The lowest BCUT2D eigenvalue weighted by molar-refractivity contribution is -0.386. The van der Waals surface area contributed by atoms with Gasteiger partial charge >= 0.3 is 5.69 Å². The maximum absolute atomic E-state index is 13.4. The molecule has 0 saturated heterocycles. The van der Waals surface area contributed by atoms with Crippen molar-refractivity contribution in [2.24, 2.45) is 0 Å². The van der Waals surface area contributed by atoms with Crippen LogP contribution in [0, 0.1) is 21.7 Å². The molecule has 0 aliphatic carbocycles. The van der Waals surface area contributed by atoms with E-state index in [4.69, 9.17) is 0 Å². The van der Waals surface area contributed by atoms with Crippen molar-refractivity contribution in [3.8, 4) is 0 Å². The van der Waals surface area contributed by atoms with Gasteiger partial charge in [-0.15, -0.1) is 11.8 Å². The number of rotatable bonds is 6. The second-order valence-corrected chi connectivity index (χ2v) is 5.30. The summed E-state index contributed by atoms with van der Waals surface area (Å²) in [6.07, 6.45) is 0. The Hall–Kier alpha value is -2.15. The van der Waals surface area contributed by atoms with E-state index in [1.165, 1.54) is 0 Å². The number of nitro benzene ring substituents is 1. The van der Waals surface area contributed by atoms with Crippen LogP contribution in [0.2, 0.25) is 0 Å². The third kappa shape index (κ3) is 4.16. The molecule has 4 nitrogen and oxygen atoms in total. The van der Waals surface area contributed by atoms with Gasteiger partial charge in [0, 0.05) is 29.3 Å². The van der Waals surface area contributed by atoms with Crippen LogP contribution in [0.1, 0.15) is 0 Å². The Morgan fingerprint density at radius 3 is 2.57 bits per heavy atom. The Kier molecular flexibility index (Phi) is 5.10. The predicted molar refractivity (Wildman–Crippen MR) is 78.7 cm³/mol. The minimum Gasteiger partial charge on any atom is -0.378 e. The Morgan fingerprint density at radius 2 is 1.90 bits per heavy atom. The number of benzene rings is 2. The molecule has 0 aliphatic rings. The highest BCUT2D eigenvalue weighted by atomic mass is 32.2. The van der Waals surface area contributed by atoms with Crippen LogP contribution < -0.4 is 5.32 Å². The molecule has 0 amide bonds. The average molecular weight is 310 g/mol. The van der Waals surface area contributed by atoms with Crippen molar-refractivity contribution in [2.75, 3.05) is 17.6 Å². The fourth-order valence-electron chi connectivity index (χ4n) is 1.76. The summed E-state index contributed by atoms with van der Waals surface area (Å²) in [6, 6.07) is 11.0. The minimum absolute atomic E-state index is 0.147. The van der Waals surface area contributed by atoms with Crippen LogP contribution >= 0.6 is 11.8 Å². The lowest BCUT2D eigenvalue weighted by Gasteiger charge is -2.08. The number of nitrogens with zero attached hydrogens (tertiary/aromatic N) is 1. The van der Waals surface area contributed by atoms with E-state index in [0.717, 1.165) is 11.0 Å². The van der Waals surface area contributed by atoms with E-state index in [0.29, 0.717) is 18.4 Å². The summed E-state index contributed by atoms with van der Waals surface area (Å²) in [5.74, 6) is -1.42. The molecule has 110 valence electrons. The molecule has 0 heterocycles. The molecule has 0 spiro atoms. The molecule has 0 radical (unpaired) electrons. The van der Waals surface area contributed by atoms with Crippen molar-refractivity contribution in [1.82, 2.24) is 0 Å². The zero-order valence-electron chi connectivity index (χ0n) is 10.9. The standard InChI is InChI=1S/C14H12F2N2O2S/c15-10-8-12(16)14(18(19)20)13(9-10)17-6-7-21-11-4-2-1-3-5-11/h1-5,8-9,17H,6-7H2. The topological polar surface area (TPSA) is 55.2 Å². The van der Waals surface area contributed by atoms with Crippen molar-refractivity contribution in [1.29, 1.82) is 0 Å². The summed E-state index contributed by atoms with van der Waals surface area (Å²) in [7, 11) is 0. The summed E-state index contributed by atoms with van der Waals surface area (Å²) >= 11 is 1.54. The summed E-state index contributed by atoms with van der Waals surface area (Å²) in [6.45, 7) is 0.350. The van der Waals surface area contributed by atoms with Crippen molar-refractivity contribution in [3.05, 3.63) is 64.2 Å². The molecule has 2 aromatic carbocycles. The van der Waals surface area contributed by atoms with Crippen LogP contribution in [0.25, 0.3) is 0 Å². The lowest BCUT2D eigenvalue weighted by Crippen LogP contribution is -2.08. The van der Waals surface area contributed by atoms with E-state index < -0.39 is 22.2 Å². The molecule has 1 N–H and O–H groups in total. The molecule has 0 unspecified atom stereocenters. The van der Waals surface area contributed by atoms with Crippen LogP contribution in [0.4, 0.5) is 20.2 Å². The highest BCUT2D eigenvalue weighted by Crippen LogP contribution is 2.29. The molecule has 2 rings (SSSR count). The molecule has 0 fully saturated rings. The van der Waals surface area contributed by atoms with E-state index in [2.05, 4.69) is 5.32 Å². The van der Waals surface area contributed by atoms with Gasteiger partial charge < -0.3 is 5.32 Å². The van der Waals surface area contributed by atoms with E-state index in [1.807, 2.05) is 30.3 Å². The summed E-state index contributed by atoms with van der Waals surface area (Å²) < 4.78 is 26.5. The van der Waals surface area contributed by atoms with Gasteiger partial charge in [0.2, 0.25) is 5.82 Å². The van der Waals surface area contributed by atoms with Gasteiger partial charge in [0.15, 0.2) is 0 Å². The number of nitrogens with one attached hydrogen (secondary N) is 1. The van der Waals surface area contributed by atoms with Crippen molar-refractivity contribution in [3.63, 3.8) is 0 Å². The van der Waals surface area contributed by atoms with Gasteiger partial charge in [0.25, 0.3) is 0 Å². The van der Waals surface area contributed by atoms with Gasteiger partial charge in [-0.3, -0.25) is 10.1 Å². The molecule has 0 atom stereocenters. The first kappa shape index (κ1) is 15.2.